The summed E-state index contributed by atoms with van der Waals surface area (Å²) in [7, 11) is 1.85. The van der Waals surface area contributed by atoms with E-state index in [9.17, 15) is 4.79 Å². The molecule has 0 radical (unpaired) electrons. The number of hydrogen-bond donors (Lipinski definition) is 1. The minimum atomic E-state index is -0.127. The predicted molar refractivity (Wildman–Crippen MR) is 110 cm³/mol. The molecule has 0 unspecified atom stereocenters. The first kappa shape index (κ1) is 18.4. The maximum absolute atomic E-state index is 13.1. The van der Waals surface area contributed by atoms with Crippen LogP contribution in [-0.2, 0) is 13.6 Å². The topological polar surface area (TPSA) is 77.6 Å². The second-order valence-corrected chi connectivity index (χ2v) is 7.94. The molecule has 1 amide bonds. The van der Waals surface area contributed by atoms with Gasteiger partial charge in [-0.3, -0.25) is 14.2 Å². The molecule has 8 heteroatoms. The molecule has 1 N–H and O–H groups in total. The Morgan fingerprint density at radius 1 is 1.29 bits per heavy atom. The third-order valence-electron chi connectivity index (χ3n) is 4.60. The number of fused-ring (bicyclic) bond motifs is 1. The van der Waals surface area contributed by atoms with Crippen LogP contribution in [0.1, 0.15) is 28.7 Å². The fourth-order valence-corrected chi connectivity index (χ4v) is 4.05. The van der Waals surface area contributed by atoms with Crippen LogP contribution >= 0.6 is 11.3 Å². The molecule has 7 nitrogen and oxygen atoms in total. The van der Waals surface area contributed by atoms with Crippen LogP contribution in [0.4, 0.5) is 0 Å². The van der Waals surface area contributed by atoms with Crippen molar-refractivity contribution in [2.75, 3.05) is 0 Å². The van der Waals surface area contributed by atoms with Gasteiger partial charge in [-0.05, 0) is 44.4 Å². The first-order chi connectivity index (χ1) is 13.4. The smallest absolute Gasteiger partial charge is 0.252 e. The van der Waals surface area contributed by atoms with Gasteiger partial charge in [0.15, 0.2) is 5.65 Å². The van der Waals surface area contributed by atoms with E-state index in [-0.39, 0.29) is 11.9 Å². The number of thiophene rings is 1. The normalized spacial score (nSPS) is 12.4. The Morgan fingerprint density at radius 3 is 2.79 bits per heavy atom. The van der Waals surface area contributed by atoms with Gasteiger partial charge in [0.25, 0.3) is 5.91 Å². The van der Waals surface area contributed by atoms with E-state index in [4.69, 9.17) is 4.98 Å². The van der Waals surface area contributed by atoms with Crippen LogP contribution in [0.2, 0.25) is 0 Å². The van der Waals surface area contributed by atoms with Gasteiger partial charge in [-0.2, -0.15) is 10.2 Å². The van der Waals surface area contributed by atoms with Crippen molar-refractivity contribution < 1.29 is 4.79 Å². The minimum absolute atomic E-state index is 0.0721. The molecular formula is C20H22N6OS. The summed E-state index contributed by atoms with van der Waals surface area (Å²) in [4.78, 5) is 18.9. The molecule has 0 saturated carbocycles. The molecule has 0 aliphatic heterocycles. The second kappa shape index (κ2) is 7.20. The van der Waals surface area contributed by atoms with Crippen LogP contribution in [0.15, 0.2) is 35.8 Å². The lowest BCUT2D eigenvalue weighted by molar-refractivity contribution is 0.0937. The number of pyridine rings is 1. The summed E-state index contributed by atoms with van der Waals surface area (Å²) in [5, 5.41) is 14.7. The molecule has 0 aliphatic rings. The Labute approximate surface area is 167 Å². The predicted octanol–water partition coefficient (Wildman–Crippen LogP) is 3.33. The Kier molecular flexibility index (Phi) is 4.72. The van der Waals surface area contributed by atoms with Gasteiger partial charge >= 0.3 is 0 Å². The van der Waals surface area contributed by atoms with Gasteiger partial charge in [-0.1, -0.05) is 6.07 Å². The maximum atomic E-state index is 13.1. The maximum Gasteiger partial charge on any atom is 0.252 e. The van der Waals surface area contributed by atoms with E-state index in [0.717, 1.165) is 27.3 Å². The number of hydrogen-bond acceptors (Lipinski definition) is 5. The van der Waals surface area contributed by atoms with Crippen LogP contribution in [0, 0.1) is 13.8 Å². The quantitative estimate of drug-likeness (QED) is 0.563. The third-order valence-corrected chi connectivity index (χ3v) is 5.49. The minimum Gasteiger partial charge on any atom is -0.348 e. The molecule has 144 valence electrons. The van der Waals surface area contributed by atoms with Gasteiger partial charge in [-0.25, -0.2) is 4.98 Å². The number of aromatic nitrogens is 5. The summed E-state index contributed by atoms with van der Waals surface area (Å²) in [5.74, 6) is -0.127. The number of rotatable bonds is 5. The second-order valence-electron chi connectivity index (χ2n) is 6.99. The molecule has 0 aliphatic carbocycles. The molecular weight excluding hydrogens is 372 g/mol. The number of aryl methyl sites for hydroxylation is 3. The van der Waals surface area contributed by atoms with E-state index in [0.29, 0.717) is 17.8 Å². The van der Waals surface area contributed by atoms with Gasteiger partial charge in [0, 0.05) is 19.3 Å². The highest BCUT2D eigenvalue weighted by Crippen LogP contribution is 2.29. The van der Waals surface area contributed by atoms with Gasteiger partial charge in [0.2, 0.25) is 0 Å². The van der Waals surface area contributed by atoms with Crippen LogP contribution < -0.4 is 5.32 Å². The Hall–Kier alpha value is -3.00. The van der Waals surface area contributed by atoms with E-state index in [1.807, 2.05) is 68.3 Å². The zero-order valence-corrected chi connectivity index (χ0v) is 17.1. The summed E-state index contributed by atoms with van der Waals surface area (Å²) in [6, 6.07) is 7.73. The first-order valence-electron chi connectivity index (χ1n) is 9.11. The highest BCUT2D eigenvalue weighted by molar-refractivity contribution is 7.13. The molecule has 0 fully saturated rings. The van der Waals surface area contributed by atoms with Crippen molar-refractivity contribution in [1.29, 1.82) is 0 Å². The Balaban J connectivity index is 1.69. The highest BCUT2D eigenvalue weighted by atomic mass is 32.1. The Bertz CT molecular complexity index is 1140. The van der Waals surface area contributed by atoms with Crippen LogP contribution in [-0.4, -0.2) is 36.5 Å². The van der Waals surface area contributed by atoms with Crippen molar-refractivity contribution in [3.8, 4) is 10.6 Å². The summed E-state index contributed by atoms with van der Waals surface area (Å²) in [6.45, 7) is 6.44. The van der Waals surface area contributed by atoms with Crippen molar-refractivity contribution in [3.05, 3.63) is 52.8 Å². The van der Waals surface area contributed by atoms with Gasteiger partial charge in [0.05, 0.1) is 39.5 Å². The van der Waals surface area contributed by atoms with Gasteiger partial charge in [-0.15, -0.1) is 11.3 Å². The van der Waals surface area contributed by atoms with Crippen molar-refractivity contribution in [1.82, 2.24) is 29.9 Å². The lowest BCUT2D eigenvalue weighted by Crippen LogP contribution is -2.36. The average Bonchev–Trinajstić information content (AvgIpc) is 3.37. The fraction of sp³-hybridized carbons (Fsp3) is 0.300. The van der Waals surface area contributed by atoms with E-state index in [2.05, 4.69) is 15.5 Å². The number of nitrogens with one attached hydrogen (secondary N) is 1. The lowest BCUT2D eigenvalue weighted by Gasteiger charge is -2.15. The van der Waals surface area contributed by atoms with Crippen molar-refractivity contribution in [2.45, 2.75) is 33.4 Å². The molecule has 1 atom stereocenters. The van der Waals surface area contributed by atoms with Crippen molar-refractivity contribution in [2.24, 2.45) is 7.05 Å². The van der Waals surface area contributed by atoms with E-state index >= 15 is 0 Å². The molecule has 4 aromatic heterocycles. The van der Waals surface area contributed by atoms with Gasteiger partial charge in [0.1, 0.15) is 0 Å². The SMILES string of the molecule is Cc1ccn(C[C@H](C)NC(=O)c2cc(-c3cccs3)nc3c2c(C)nn3C)n1. The molecule has 0 aromatic carbocycles. The molecule has 4 aromatic rings. The van der Waals surface area contributed by atoms with Crippen molar-refractivity contribution >= 4 is 28.3 Å². The average molecular weight is 395 g/mol. The zero-order chi connectivity index (χ0) is 19.8. The summed E-state index contributed by atoms with van der Waals surface area (Å²) >= 11 is 1.60. The van der Waals surface area contributed by atoms with Crippen LogP contribution in [0.3, 0.4) is 0 Å². The highest BCUT2D eigenvalue weighted by Gasteiger charge is 2.20. The molecule has 4 heterocycles. The zero-order valence-electron chi connectivity index (χ0n) is 16.3. The first-order valence-corrected chi connectivity index (χ1v) is 9.99. The summed E-state index contributed by atoms with van der Waals surface area (Å²) in [5.41, 5.74) is 3.85. The summed E-state index contributed by atoms with van der Waals surface area (Å²) in [6.07, 6.45) is 1.92. The van der Waals surface area contributed by atoms with E-state index < -0.39 is 0 Å². The number of nitrogens with zero attached hydrogens (tertiary/aromatic N) is 5. The van der Waals surface area contributed by atoms with Crippen LogP contribution in [0.25, 0.3) is 21.6 Å². The number of carbonyl (C=O) groups is 1. The summed E-state index contributed by atoms with van der Waals surface area (Å²) < 4.78 is 3.57. The lowest BCUT2D eigenvalue weighted by atomic mass is 10.1. The molecule has 0 spiro atoms. The molecule has 28 heavy (non-hydrogen) atoms. The largest absolute Gasteiger partial charge is 0.348 e. The number of carbonyl (C=O) groups excluding carboxylic acids is 1. The fourth-order valence-electron chi connectivity index (χ4n) is 3.37. The Morgan fingerprint density at radius 2 is 2.11 bits per heavy atom. The monoisotopic (exact) mass is 394 g/mol. The molecule has 0 saturated heterocycles. The van der Waals surface area contributed by atoms with E-state index in [1.54, 1.807) is 16.0 Å². The van der Waals surface area contributed by atoms with E-state index in [1.165, 1.54) is 0 Å². The van der Waals surface area contributed by atoms with Crippen LogP contribution in [0.5, 0.6) is 0 Å². The third kappa shape index (κ3) is 3.43. The van der Waals surface area contributed by atoms with Gasteiger partial charge < -0.3 is 5.32 Å². The molecule has 4 rings (SSSR count). The van der Waals surface area contributed by atoms with Crippen molar-refractivity contribution in [3.63, 3.8) is 0 Å². The standard InChI is InChI=1S/C20H22N6OS/c1-12-7-8-26(23-12)11-13(2)21-20(27)15-10-16(17-6-5-9-28-17)22-19-18(15)14(3)24-25(19)4/h5-10,13H,11H2,1-4H3,(H,21,27)/t13-/m0/s1. The number of amides is 1. The molecule has 0 bridgehead atoms.